The third-order valence-corrected chi connectivity index (χ3v) is 11.4. The number of benzene rings is 5. The van der Waals surface area contributed by atoms with Gasteiger partial charge >= 0.3 is 5.97 Å². The van der Waals surface area contributed by atoms with E-state index in [0.717, 1.165) is 21.6 Å². The SMILES string of the molecule is COc1ccc(O[C@@H]2O[C@H](COCc3ccccc3)[C@@H](O[C@@H]3O[C@H](CO)[C@@H](O)[C@H](OCc4ccccc4)[C@@H]3OC(C)=O)[C@H](OCc3ccccc3)[C@H]2N2C(=O)c3ccccc3C2=O)cc1. The largest absolute Gasteiger partial charge is 0.497 e. The highest BCUT2D eigenvalue weighted by Gasteiger charge is 2.58. The number of esters is 1. The van der Waals surface area contributed by atoms with Crippen molar-refractivity contribution in [2.24, 2.45) is 0 Å². The van der Waals surface area contributed by atoms with Crippen LogP contribution in [0.15, 0.2) is 140 Å². The molecule has 65 heavy (non-hydrogen) atoms. The molecule has 2 saturated heterocycles. The standard InChI is InChI=1S/C50H51NO14/c1-31(53)61-46-45(60-29-34-18-10-5-11-19-34)42(54)39(26-52)63-50(46)65-43-40(30-58-27-32-14-6-3-7-15-32)64-49(62-36-24-22-35(57-2)23-25-36)41(44(43)59-28-33-16-8-4-9-17-33)51-47(55)37-20-12-13-21-38(37)48(51)56/h3-25,39-46,49-50,52,54H,26-30H2,1-2H3/t39-,40-,41-,42-,43-,44-,45+,46+,49-,50+/m1/s1. The van der Waals surface area contributed by atoms with Crippen molar-refractivity contribution in [2.75, 3.05) is 20.3 Å². The lowest BCUT2D eigenvalue weighted by molar-refractivity contribution is -0.354. The van der Waals surface area contributed by atoms with Gasteiger partial charge in [-0.2, -0.15) is 0 Å². The molecule has 2 N–H and O–H groups in total. The van der Waals surface area contributed by atoms with Crippen molar-refractivity contribution in [3.05, 3.63) is 167 Å². The number of ether oxygens (including phenoxy) is 9. The molecule has 0 radical (unpaired) electrons. The summed E-state index contributed by atoms with van der Waals surface area (Å²) in [4.78, 5) is 43.0. The highest BCUT2D eigenvalue weighted by Crippen LogP contribution is 2.39. The Morgan fingerprint density at radius 1 is 0.615 bits per heavy atom. The molecule has 0 aromatic heterocycles. The Labute approximate surface area is 376 Å². The van der Waals surface area contributed by atoms with Crippen molar-refractivity contribution in [1.82, 2.24) is 4.90 Å². The Morgan fingerprint density at radius 2 is 1.12 bits per heavy atom. The van der Waals surface area contributed by atoms with E-state index in [1.54, 1.807) is 48.5 Å². The van der Waals surface area contributed by atoms with Crippen LogP contribution < -0.4 is 9.47 Å². The fourth-order valence-electron chi connectivity index (χ4n) is 8.23. The fraction of sp³-hybridized carbons (Fsp3) is 0.340. The van der Waals surface area contributed by atoms with Gasteiger partial charge in [0.25, 0.3) is 11.8 Å². The zero-order valence-corrected chi connectivity index (χ0v) is 35.8. The van der Waals surface area contributed by atoms with Crippen molar-refractivity contribution in [3.63, 3.8) is 0 Å². The number of rotatable bonds is 18. The first-order chi connectivity index (χ1) is 31.7. The van der Waals surface area contributed by atoms with Crippen LogP contribution in [0.3, 0.4) is 0 Å². The predicted molar refractivity (Wildman–Crippen MR) is 231 cm³/mol. The second-order valence-corrected chi connectivity index (χ2v) is 15.8. The second-order valence-electron chi connectivity index (χ2n) is 15.8. The Balaban J connectivity index is 1.22. The van der Waals surface area contributed by atoms with E-state index in [9.17, 15) is 24.6 Å². The monoisotopic (exact) mass is 889 g/mol. The van der Waals surface area contributed by atoms with Gasteiger partial charge in [-0.1, -0.05) is 103 Å². The Bertz CT molecular complexity index is 2300. The van der Waals surface area contributed by atoms with E-state index < -0.39 is 85.7 Å². The maximum atomic E-state index is 14.5. The molecule has 340 valence electrons. The van der Waals surface area contributed by atoms with Crippen LogP contribution in [0.5, 0.6) is 11.5 Å². The zero-order valence-electron chi connectivity index (χ0n) is 35.8. The highest BCUT2D eigenvalue weighted by molar-refractivity contribution is 6.21. The number of carbonyl (C=O) groups excluding carboxylic acids is 3. The van der Waals surface area contributed by atoms with Gasteiger partial charge in [0.15, 0.2) is 12.4 Å². The van der Waals surface area contributed by atoms with Gasteiger partial charge in [-0.3, -0.25) is 19.3 Å². The zero-order chi connectivity index (χ0) is 45.3. The molecule has 3 aliphatic heterocycles. The Morgan fingerprint density at radius 3 is 1.66 bits per heavy atom. The van der Waals surface area contributed by atoms with Gasteiger partial charge < -0.3 is 52.8 Å². The summed E-state index contributed by atoms with van der Waals surface area (Å²) in [5.74, 6) is -1.07. The summed E-state index contributed by atoms with van der Waals surface area (Å²) in [5.41, 5.74) is 2.75. The average molecular weight is 890 g/mol. The van der Waals surface area contributed by atoms with Crippen LogP contribution >= 0.6 is 0 Å². The van der Waals surface area contributed by atoms with E-state index in [4.69, 9.17) is 42.6 Å². The summed E-state index contributed by atoms with van der Waals surface area (Å²) in [7, 11) is 1.54. The molecular weight excluding hydrogens is 839 g/mol. The summed E-state index contributed by atoms with van der Waals surface area (Å²) in [6.07, 6.45) is -12.0. The minimum atomic E-state index is -1.55. The maximum absolute atomic E-state index is 14.5. The van der Waals surface area contributed by atoms with Crippen LogP contribution in [0.1, 0.15) is 44.3 Å². The Kier molecular flexibility index (Phi) is 14.9. The van der Waals surface area contributed by atoms with Crippen molar-refractivity contribution >= 4 is 17.8 Å². The molecule has 5 aromatic carbocycles. The summed E-state index contributed by atoms with van der Waals surface area (Å²) < 4.78 is 57.3. The quantitative estimate of drug-likeness (QED) is 0.0862. The second kappa shape index (κ2) is 21.3. The summed E-state index contributed by atoms with van der Waals surface area (Å²) in [5, 5.41) is 22.1. The van der Waals surface area contributed by atoms with Crippen molar-refractivity contribution in [3.8, 4) is 11.5 Å². The van der Waals surface area contributed by atoms with Gasteiger partial charge in [-0.05, 0) is 53.1 Å². The number of imide groups is 1. The topological polar surface area (TPSA) is 178 Å². The van der Waals surface area contributed by atoms with Gasteiger partial charge in [0, 0.05) is 6.92 Å². The molecule has 0 saturated carbocycles. The van der Waals surface area contributed by atoms with Crippen molar-refractivity contribution < 1.29 is 67.2 Å². The van der Waals surface area contributed by atoms with E-state index >= 15 is 0 Å². The number of fused-ring (bicyclic) bond motifs is 1. The highest BCUT2D eigenvalue weighted by atomic mass is 16.8. The molecule has 0 spiro atoms. The van der Waals surface area contributed by atoms with E-state index in [1.165, 1.54) is 14.0 Å². The normalized spacial score (nSPS) is 26.4. The van der Waals surface area contributed by atoms with E-state index in [0.29, 0.717) is 11.5 Å². The van der Waals surface area contributed by atoms with Crippen LogP contribution in [0.25, 0.3) is 0 Å². The Hall–Kier alpha value is -6.01. The molecule has 0 aliphatic carbocycles. The number of hydrogen-bond donors (Lipinski definition) is 2. The molecule has 10 atom stereocenters. The molecule has 8 rings (SSSR count). The smallest absolute Gasteiger partial charge is 0.303 e. The van der Waals surface area contributed by atoms with E-state index in [2.05, 4.69) is 0 Å². The minimum Gasteiger partial charge on any atom is -0.497 e. The molecule has 3 heterocycles. The van der Waals surface area contributed by atoms with Gasteiger partial charge in [0.2, 0.25) is 6.29 Å². The van der Waals surface area contributed by atoms with Crippen LogP contribution in [-0.4, -0.2) is 115 Å². The van der Waals surface area contributed by atoms with Crippen molar-refractivity contribution in [1.29, 1.82) is 0 Å². The number of carbonyl (C=O) groups is 3. The minimum absolute atomic E-state index is 0.00268. The van der Waals surface area contributed by atoms with Crippen LogP contribution in [0, 0.1) is 0 Å². The molecule has 15 heteroatoms. The molecule has 15 nitrogen and oxygen atoms in total. The fourth-order valence-corrected chi connectivity index (χ4v) is 8.23. The van der Waals surface area contributed by atoms with Crippen molar-refractivity contribution in [2.45, 2.75) is 88.1 Å². The van der Waals surface area contributed by atoms with Crippen LogP contribution in [0.4, 0.5) is 0 Å². The molecule has 2 fully saturated rings. The summed E-state index contributed by atoms with van der Waals surface area (Å²) in [6, 6.07) is 39.8. The third-order valence-electron chi connectivity index (χ3n) is 11.4. The number of aliphatic hydroxyl groups is 2. The first-order valence-corrected chi connectivity index (χ1v) is 21.3. The lowest BCUT2D eigenvalue weighted by atomic mass is 9.93. The molecular formula is C50H51NO14. The number of methoxy groups -OCH3 is 1. The molecule has 5 aromatic rings. The number of nitrogens with zero attached hydrogens (tertiary/aromatic N) is 1. The number of hydrogen-bond acceptors (Lipinski definition) is 14. The lowest BCUT2D eigenvalue weighted by Gasteiger charge is -2.50. The van der Waals surface area contributed by atoms with Gasteiger partial charge in [-0.25, -0.2) is 0 Å². The first-order valence-electron chi connectivity index (χ1n) is 21.3. The average Bonchev–Trinajstić information content (AvgIpc) is 3.58. The molecule has 2 amide bonds. The van der Waals surface area contributed by atoms with E-state index in [-0.39, 0.29) is 37.6 Å². The predicted octanol–water partition coefficient (Wildman–Crippen LogP) is 5.25. The van der Waals surface area contributed by atoms with Crippen LogP contribution in [-0.2, 0) is 57.8 Å². The summed E-state index contributed by atoms with van der Waals surface area (Å²) in [6.45, 7) is 0.532. The molecule has 3 aliphatic rings. The molecule has 0 bridgehead atoms. The number of amides is 2. The first kappa shape index (κ1) is 45.6. The lowest BCUT2D eigenvalue weighted by Crippen LogP contribution is -2.69. The van der Waals surface area contributed by atoms with Gasteiger partial charge in [0.05, 0.1) is 51.3 Å². The molecule has 0 unspecified atom stereocenters. The number of aliphatic hydroxyl groups excluding tert-OH is 2. The van der Waals surface area contributed by atoms with Crippen LogP contribution in [0.2, 0.25) is 0 Å². The van der Waals surface area contributed by atoms with E-state index in [1.807, 2.05) is 91.0 Å². The maximum Gasteiger partial charge on any atom is 0.303 e. The summed E-state index contributed by atoms with van der Waals surface area (Å²) >= 11 is 0. The van der Waals surface area contributed by atoms with Gasteiger partial charge in [-0.15, -0.1) is 0 Å². The third kappa shape index (κ3) is 10.6. The van der Waals surface area contributed by atoms with Gasteiger partial charge in [0.1, 0.15) is 54.2 Å².